The van der Waals surface area contributed by atoms with Crippen LogP contribution in [0.1, 0.15) is 33.7 Å². The van der Waals surface area contributed by atoms with Gasteiger partial charge in [0.1, 0.15) is 5.69 Å². The fourth-order valence-corrected chi connectivity index (χ4v) is 2.48. The predicted octanol–water partition coefficient (Wildman–Crippen LogP) is 3.53. The van der Waals surface area contributed by atoms with Crippen LogP contribution in [-0.4, -0.2) is 22.8 Å². The van der Waals surface area contributed by atoms with Crippen molar-refractivity contribution in [3.05, 3.63) is 57.8 Å². The molecular weight excluding hydrogens is 337 g/mol. The van der Waals surface area contributed by atoms with Crippen LogP contribution in [0.5, 0.6) is 0 Å². The number of halogens is 2. The smallest absolute Gasteiger partial charge is 0.270 e. The standard InChI is InChI=1S/C16H13Cl2N3O2/c17-11-2-1-3-12(18)14(11)21-15(22)9-6-7-19-13(8-9)16(23)20-10-4-5-10/h1-3,6-8,10H,4-5H2,(H,20,23)(H,21,22). The van der Waals surface area contributed by atoms with Gasteiger partial charge in [-0.15, -0.1) is 0 Å². The van der Waals surface area contributed by atoms with E-state index >= 15 is 0 Å². The van der Waals surface area contributed by atoms with Crippen LogP contribution in [0.15, 0.2) is 36.5 Å². The maximum absolute atomic E-state index is 12.3. The molecule has 23 heavy (non-hydrogen) atoms. The Morgan fingerprint density at radius 2 is 1.78 bits per heavy atom. The topological polar surface area (TPSA) is 71.1 Å². The first-order valence-corrected chi connectivity index (χ1v) is 7.82. The van der Waals surface area contributed by atoms with Crippen molar-refractivity contribution in [3.63, 3.8) is 0 Å². The third-order valence-corrected chi connectivity index (χ3v) is 4.00. The van der Waals surface area contributed by atoms with Crippen molar-refractivity contribution in [1.82, 2.24) is 10.3 Å². The minimum absolute atomic E-state index is 0.204. The summed E-state index contributed by atoms with van der Waals surface area (Å²) < 4.78 is 0. The Hall–Kier alpha value is -2.11. The molecule has 7 heteroatoms. The van der Waals surface area contributed by atoms with E-state index in [-0.39, 0.29) is 17.6 Å². The van der Waals surface area contributed by atoms with E-state index in [1.165, 1.54) is 18.3 Å². The molecule has 1 heterocycles. The van der Waals surface area contributed by atoms with E-state index in [1.807, 2.05) is 0 Å². The van der Waals surface area contributed by atoms with Gasteiger partial charge in [0.05, 0.1) is 15.7 Å². The molecule has 2 N–H and O–H groups in total. The van der Waals surface area contributed by atoms with Crippen LogP contribution in [0.4, 0.5) is 5.69 Å². The van der Waals surface area contributed by atoms with Crippen LogP contribution in [0.25, 0.3) is 0 Å². The maximum Gasteiger partial charge on any atom is 0.270 e. The van der Waals surface area contributed by atoms with Gasteiger partial charge in [-0.05, 0) is 37.1 Å². The van der Waals surface area contributed by atoms with Crippen molar-refractivity contribution in [2.75, 3.05) is 5.32 Å². The second-order valence-electron chi connectivity index (χ2n) is 5.23. The molecule has 1 aliphatic rings. The van der Waals surface area contributed by atoms with Gasteiger partial charge in [-0.1, -0.05) is 29.3 Å². The van der Waals surface area contributed by atoms with E-state index in [1.54, 1.807) is 18.2 Å². The largest absolute Gasteiger partial charge is 0.348 e. The number of rotatable bonds is 4. The van der Waals surface area contributed by atoms with Gasteiger partial charge in [-0.25, -0.2) is 0 Å². The van der Waals surface area contributed by atoms with Crippen LogP contribution in [-0.2, 0) is 0 Å². The van der Waals surface area contributed by atoms with E-state index in [0.29, 0.717) is 21.3 Å². The van der Waals surface area contributed by atoms with Crippen molar-refractivity contribution in [2.45, 2.75) is 18.9 Å². The van der Waals surface area contributed by atoms with E-state index in [0.717, 1.165) is 12.8 Å². The number of para-hydroxylation sites is 1. The highest BCUT2D eigenvalue weighted by molar-refractivity contribution is 6.40. The molecule has 2 aromatic rings. The summed E-state index contributed by atoms with van der Waals surface area (Å²) in [6.45, 7) is 0. The molecule has 1 aromatic heterocycles. The second kappa shape index (κ2) is 6.56. The first kappa shape index (κ1) is 15.8. The summed E-state index contributed by atoms with van der Waals surface area (Å²) in [5.41, 5.74) is 0.841. The highest BCUT2D eigenvalue weighted by Gasteiger charge is 2.24. The normalized spacial score (nSPS) is 13.5. The molecule has 0 atom stereocenters. The molecule has 0 spiro atoms. The molecule has 118 valence electrons. The number of amides is 2. The summed E-state index contributed by atoms with van der Waals surface area (Å²) in [5, 5.41) is 6.16. The average molecular weight is 350 g/mol. The van der Waals surface area contributed by atoms with Crippen molar-refractivity contribution in [1.29, 1.82) is 0 Å². The molecule has 0 aliphatic heterocycles. The summed E-state index contributed by atoms with van der Waals surface area (Å²) in [4.78, 5) is 28.3. The van der Waals surface area contributed by atoms with Crippen molar-refractivity contribution in [2.24, 2.45) is 0 Å². The molecular formula is C16H13Cl2N3O2. The molecule has 2 amide bonds. The Bertz CT molecular complexity index is 755. The van der Waals surface area contributed by atoms with Gasteiger partial charge < -0.3 is 10.6 Å². The van der Waals surface area contributed by atoms with Crippen molar-refractivity contribution < 1.29 is 9.59 Å². The second-order valence-corrected chi connectivity index (χ2v) is 6.04. The van der Waals surface area contributed by atoms with Gasteiger partial charge in [0.2, 0.25) is 0 Å². The number of anilines is 1. The first-order valence-electron chi connectivity index (χ1n) is 7.07. The van der Waals surface area contributed by atoms with E-state index < -0.39 is 5.91 Å². The van der Waals surface area contributed by atoms with Crippen LogP contribution >= 0.6 is 23.2 Å². The monoisotopic (exact) mass is 349 g/mol. The fraction of sp³-hybridized carbons (Fsp3) is 0.188. The summed E-state index contributed by atoms with van der Waals surface area (Å²) in [6.07, 6.45) is 3.39. The number of hydrogen-bond donors (Lipinski definition) is 2. The number of nitrogens with zero attached hydrogens (tertiary/aromatic N) is 1. The van der Waals surface area contributed by atoms with Gasteiger partial charge in [0.25, 0.3) is 11.8 Å². The van der Waals surface area contributed by atoms with Gasteiger partial charge in [0, 0.05) is 17.8 Å². The minimum Gasteiger partial charge on any atom is -0.348 e. The van der Waals surface area contributed by atoms with Gasteiger partial charge in [-0.2, -0.15) is 0 Å². The Kier molecular flexibility index (Phi) is 4.50. The molecule has 3 rings (SSSR count). The highest BCUT2D eigenvalue weighted by atomic mass is 35.5. The quantitative estimate of drug-likeness (QED) is 0.886. The fourth-order valence-electron chi connectivity index (χ4n) is 1.99. The lowest BCUT2D eigenvalue weighted by Gasteiger charge is -2.09. The maximum atomic E-state index is 12.3. The lowest BCUT2D eigenvalue weighted by atomic mass is 10.2. The number of benzene rings is 1. The zero-order valence-corrected chi connectivity index (χ0v) is 13.5. The third kappa shape index (κ3) is 3.81. The number of aromatic nitrogens is 1. The van der Waals surface area contributed by atoms with E-state index in [9.17, 15) is 9.59 Å². The predicted molar refractivity (Wildman–Crippen MR) is 89.1 cm³/mol. The van der Waals surface area contributed by atoms with Crippen molar-refractivity contribution >= 4 is 40.7 Å². The Labute approximate surface area is 143 Å². The van der Waals surface area contributed by atoms with Gasteiger partial charge in [0.15, 0.2) is 0 Å². The molecule has 5 nitrogen and oxygen atoms in total. The van der Waals surface area contributed by atoms with Crippen LogP contribution < -0.4 is 10.6 Å². The molecule has 1 aromatic carbocycles. The number of hydrogen-bond acceptors (Lipinski definition) is 3. The molecule has 1 fully saturated rings. The minimum atomic E-state index is -0.414. The molecule has 0 bridgehead atoms. The van der Waals surface area contributed by atoms with Crippen LogP contribution in [0.2, 0.25) is 10.0 Å². The Balaban J connectivity index is 1.78. The molecule has 0 radical (unpaired) electrons. The Morgan fingerprint density at radius 3 is 2.43 bits per heavy atom. The summed E-state index contributed by atoms with van der Waals surface area (Å²) >= 11 is 12.1. The zero-order valence-electron chi connectivity index (χ0n) is 12.0. The third-order valence-electron chi connectivity index (χ3n) is 3.37. The van der Waals surface area contributed by atoms with Gasteiger partial charge >= 0.3 is 0 Å². The molecule has 0 unspecified atom stereocenters. The zero-order chi connectivity index (χ0) is 16.4. The SMILES string of the molecule is O=C(Nc1c(Cl)cccc1Cl)c1ccnc(C(=O)NC2CC2)c1. The van der Waals surface area contributed by atoms with Crippen molar-refractivity contribution in [3.8, 4) is 0 Å². The summed E-state index contributed by atoms with van der Waals surface area (Å²) in [7, 11) is 0. The highest BCUT2D eigenvalue weighted by Crippen LogP contribution is 2.30. The Morgan fingerprint density at radius 1 is 1.09 bits per heavy atom. The van der Waals surface area contributed by atoms with Gasteiger partial charge in [-0.3, -0.25) is 14.6 Å². The van der Waals surface area contributed by atoms with Crippen LogP contribution in [0, 0.1) is 0 Å². The molecule has 1 aliphatic carbocycles. The van der Waals surface area contributed by atoms with E-state index in [4.69, 9.17) is 23.2 Å². The van der Waals surface area contributed by atoms with E-state index in [2.05, 4.69) is 15.6 Å². The summed E-state index contributed by atoms with van der Waals surface area (Å²) in [6, 6.07) is 8.14. The average Bonchev–Trinajstić information content (AvgIpc) is 3.35. The number of nitrogens with one attached hydrogen (secondary N) is 2. The first-order chi connectivity index (χ1) is 11.0. The van der Waals surface area contributed by atoms with Crippen LogP contribution in [0.3, 0.4) is 0 Å². The lowest BCUT2D eigenvalue weighted by molar-refractivity contribution is 0.0946. The number of carbonyl (C=O) groups excluding carboxylic acids is 2. The number of pyridine rings is 1. The molecule has 1 saturated carbocycles. The molecule has 0 saturated heterocycles. The number of carbonyl (C=O) groups is 2. The summed E-state index contributed by atoms with van der Waals surface area (Å²) in [5.74, 6) is -0.694. The lowest BCUT2D eigenvalue weighted by Crippen LogP contribution is -2.26.